The Morgan fingerprint density at radius 3 is 2.00 bits per heavy atom. The van der Waals surface area contributed by atoms with E-state index in [2.05, 4.69) is 10.2 Å². The number of fused-ring (bicyclic) bond motifs is 2. The van der Waals surface area contributed by atoms with Crippen molar-refractivity contribution in [3.8, 4) is 5.75 Å². The van der Waals surface area contributed by atoms with Gasteiger partial charge in [0.15, 0.2) is 15.4 Å². The Bertz CT molecular complexity index is 1160. The van der Waals surface area contributed by atoms with Gasteiger partial charge in [0.05, 0.1) is 10.5 Å². The standard InChI is InChI=1S/C25H29F3N2O4S/c1-24(2,34-21-10-4-16(5-11-21)25(26,27)28)23(31)29-17-14-19-6-7-20(15-17)30(19)18-8-12-22(13-9-18)35(3,32)33/h4-5,8-13,17,19-20H,6-7,14-15H2,1-3H3,(H,29,31)/t17-,19+,20-. The fourth-order valence-electron chi connectivity index (χ4n) is 4.99. The molecule has 10 heteroatoms. The van der Waals surface area contributed by atoms with Gasteiger partial charge in [-0.1, -0.05) is 0 Å². The van der Waals surface area contributed by atoms with E-state index in [1.165, 1.54) is 18.4 Å². The van der Waals surface area contributed by atoms with E-state index in [0.717, 1.165) is 43.5 Å². The fraction of sp³-hybridized carbons (Fsp3) is 0.480. The Morgan fingerprint density at radius 1 is 0.971 bits per heavy atom. The van der Waals surface area contributed by atoms with Crippen LogP contribution in [0, 0.1) is 0 Å². The van der Waals surface area contributed by atoms with E-state index in [1.54, 1.807) is 26.0 Å². The second-order valence-corrected chi connectivity index (χ2v) is 11.9. The smallest absolute Gasteiger partial charge is 0.416 e. The first-order valence-electron chi connectivity index (χ1n) is 11.5. The summed E-state index contributed by atoms with van der Waals surface area (Å²) in [6.45, 7) is 3.18. The molecule has 2 aromatic carbocycles. The highest BCUT2D eigenvalue weighted by Crippen LogP contribution is 2.40. The average molecular weight is 511 g/mol. The van der Waals surface area contributed by atoms with Crippen molar-refractivity contribution in [3.63, 3.8) is 0 Å². The number of nitrogens with one attached hydrogen (secondary N) is 1. The largest absolute Gasteiger partial charge is 0.478 e. The maximum atomic E-state index is 13.0. The van der Waals surface area contributed by atoms with Gasteiger partial charge in [-0.05, 0) is 88.1 Å². The minimum absolute atomic E-state index is 0.0537. The summed E-state index contributed by atoms with van der Waals surface area (Å²) in [5.74, 6) is -0.140. The summed E-state index contributed by atoms with van der Waals surface area (Å²) in [7, 11) is -3.26. The lowest BCUT2D eigenvalue weighted by Gasteiger charge is -2.41. The molecule has 1 amide bonds. The van der Waals surface area contributed by atoms with Gasteiger partial charge in [0.1, 0.15) is 5.75 Å². The molecule has 3 atom stereocenters. The van der Waals surface area contributed by atoms with Crippen LogP contribution < -0.4 is 15.0 Å². The molecular weight excluding hydrogens is 481 g/mol. The number of piperidine rings is 1. The zero-order chi connectivity index (χ0) is 25.6. The first kappa shape index (κ1) is 25.3. The number of halogens is 3. The van der Waals surface area contributed by atoms with Crippen LogP contribution in [0.1, 0.15) is 45.1 Å². The number of hydrogen-bond acceptors (Lipinski definition) is 5. The zero-order valence-electron chi connectivity index (χ0n) is 19.8. The van der Waals surface area contributed by atoms with E-state index in [-0.39, 0.29) is 34.7 Å². The molecule has 0 aliphatic carbocycles. The molecule has 35 heavy (non-hydrogen) atoms. The van der Waals surface area contributed by atoms with Gasteiger partial charge in [-0.3, -0.25) is 4.79 Å². The molecule has 2 bridgehead atoms. The van der Waals surface area contributed by atoms with Crippen molar-refractivity contribution < 1.29 is 31.1 Å². The van der Waals surface area contributed by atoms with Gasteiger partial charge >= 0.3 is 6.18 Å². The van der Waals surface area contributed by atoms with E-state index in [9.17, 15) is 26.4 Å². The van der Waals surface area contributed by atoms with E-state index < -0.39 is 27.2 Å². The number of anilines is 1. The van der Waals surface area contributed by atoms with Gasteiger partial charge < -0.3 is 15.0 Å². The third-order valence-corrected chi connectivity index (χ3v) is 7.86. The van der Waals surface area contributed by atoms with Gasteiger partial charge in [-0.2, -0.15) is 13.2 Å². The molecule has 0 unspecified atom stereocenters. The number of carbonyl (C=O) groups is 1. The number of benzene rings is 2. The van der Waals surface area contributed by atoms with E-state index in [4.69, 9.17) is 4.74 Å². The number of amides is 1. The Balaban J connectivity index is 1.38. The van der Waals surface area contributed by atoms with Crippen molar-refractivity contribution >= 4 is 21.4 Å². The van der Waals surface area contributed by atoms with Crippen LogP contribution in [-0.2, 0) is 20.8 Å². The summed E-state index contributed by atoms with van der Waals surface area (Å²) in [6.07, 6.45) is 0.198. The molecule has 0 spiro atoms. The summed E-state index contributed by atoms with van der Waals surface area (Å²) < 4.78 is 67.6. The molecule has 2 aliphatic heterocycles. The number of carbonyl (C=O) groups excluding carboxylic acids is 1. The molecule has 2 saturated heterocycles. The second-order valence-electron chi connectivity index (χ2n) is 9.83. The van der Waals surface area contributed by atoms with E-state index >= 15 is 0 Å². The SMILES string of the molecule is CC(C)(Oc1ccc(C(F)(F)F)cc1)C(=O)N[C@H]1C[C@H]2CC[C@@H](C1)N2c1ccc(S(C)(=O)=O)cc1. The summed E-state index contributed by atoms with van der Waals surface area (Å²) in [6, 6.07) is 11.6. The number of alkyl halides is 3. The highest BCUT2D eigenvalue weighted by atomic mass is 32.2. The van der Waals surface area contributed by atoms with Crippen molar-refractivity contribution in [2.75, 3.05) is 11.2 Å². The zero-order valence-corrected chi connectivity index (χ0v) is 20.6. The van der Waals surface area contributed by atoms with E-state index in [0.29, 0.717) is 0 Å². The Morgan fingerprint density at radius 2 is 1.51 bits per heavy atom. The Labute approximate surface area is 203 Å². The molecule has 2 heterocycles. The summed E-state index contributed by atoms with van der Waals surface area (Å²) >= 11 is 0. The van der Waals surface area contributed by atoms with Crippen molar-refractivity contribution in [2.24, 2.45) is 0 Å². The third-order valence-electron chi connectivity index (χ3n) is 6.73. The van der Waals surface area contributed by atoms with Crippen LogP contribution >= 0.6 is 0 Å². The highest BCUT2D eigenvalue weighted by molar-refractivity contribution is 7.90. The molecule has 2 aliphatic rings. The minimum atomic E-state index is -4.44. The van der Waals surface area contributed by atoms with Crippen molar-refractivity contribution in [1.82, 2.24) is 5.32 Å². The third kappa shape index (κ3) is 5.58. The summed E-state index contributed by atoms with van der Waals surface area (Å²) in [5, 5.41) is 3.07. The van der Waals surface area contributed by atoms with Gasteiger partial charge in [0.2, 0.25) is 0 Å². The molecule has 6 nitrogen and oxygen atoms in total. The quantitative estimate of drug-likeness (QED) is 0.616. The van der Waals surface area contributed by atoms with Crippen LogP contribution in [0.3, 0.4) is 0 Å². The Kier molecular flexibility index (Phi) is 6.54. The Hall–Kier alpha value is -2.75. The van der Waals surface area contributed by atoms with Gasteiger partial charge in [-0.25, -0.2) is 8.42 Å². The van der Waals surface area contributed by atoms with Gasteiger partial charge in [0.25, 0.3) is 5.91 Å². The molecule has 1 N–H and O–H groups in total. The van der Waals surface area contributed by atoms with Gasteiger partial charge in [0, 0.05) is 30.1 Å². The highest BCUT2D eigenvalue weighted by Gasteiger charge is 2.42. The molecule has 4 rings (SSSR count). The lowest BCUT2D eigenvalue weighted by Crippen LogP contribution is -2.55. The minimum Gasteiger partial charge on any atom is -0.478 e. The van der Waals surface area contributed by atoms with Crippen LogP contribution in [0.15, 0.2) is 53.4 Å². The summed E-state index contributed by atoms with van der Waals surface area (Å²) in [4.78, 5) is 15.6. The second kappa shape index (κ2) is 9.04. The maximum Gasteiger partial charge on any atom is 0.416 e. The molecule has 0 aromatic heterocycles. The molecular formula is C25H29F3N2O4S. The fourth-order valence-corrected chi connectivity index (χ4v) is 5.62. The topological polar surface area (TPSA) is 75.7 Å². The van der Waals surface area contributed by atoms with Crippen LogP contribution in [0.5, 0.6) is 5.75 Å². The lowest BCUT2D eigenvalue weighted by atomic mass is 9.95. The average Bonchev–Trinajstić information content (AvgIpc) is 3.03. The number of hydrogen-bond donors (Lipinski definition) is 1. The molecule has 2 aromatic rings. The van der Waals surface area contributed by atoms with Gasteiger partial charge in [-0.15, -0.1) is 0 Å². The predicted octanol–water partition coefficient (Wildman–Crippen LogP) is 4.58. The predicted molar refractivity (Wildman–Crippen MR) is 126 cm³/mol. The molecule has 2 fully saturated rings. The molecule has 190 valence electrons. The number of ether oxygens (including phenoxy) is 1. The van der Waals surface area contributed by atoms with Crippen LogP contribution in [0.2, 0.25) is 0 Å². The first-order chi connectivity index (χ1) is 16.2. The van der Waals surface area contributed by atoms with E-state index in [1.807, 2.05) is 12.1 Å². The number of nitrogens with zero attached hydrogens (tertiary/aromatic N) is 1. The van der Waals surface area contributed by atoms with Crippen molar-refractivity contribution in [3.05, 3.63) is 54.1 Å². The molecule has 0 saturated carbocycles. The van der Waals surface area contributed by atoms with Crippen LogP contribution in [0.25, 0.3) is 0 Å². The monoisotopic (exact) mass is 510 g/mol. The molecule has 0 radical (unpaired) electrons. The van der Waals surface area contributed by atoms with Crippen LogP contribution in [0.4, 0.5) is 18.9 Å². The maximum absolute atomic E-state index is 13.0. The number of sulfone groups is 1. The van der Waals surface area contributed by atoms with Crippen molar-refractivity contribution in [2.45, 2.75) is 74.3 Å². The van der Waals surface area contributed by atoms with Crippen LogP contribution in [-0.4, -0.2) is 44.3 Å². The lowest BCUT2D eigenvalue weighted by molar-refractivity contribution is -0.138. The first-order valence-corrected chi connectivity index (χ1v) is 13.4. The normalized spacial score (nSPS) is 22.7. The summed E-state index contributed by atoms with van der Waals surface area (Å²) in [5.41, 5.74) is -1.07. The van der Waals surface area contributed by atoms with Crippen molar-refractivity contribution in [1.29, 1.82) is 0 Å². The number of rotatable bonds is 6.